The normalized spacial score (nSPS) is 17.7. The number of piperidine rings is 1. The maximum atomic E-state index is 13.1. The van der Waals surface area contributed by atoms with Gasteiger partial charge in [-0.3, -0.25) is 9.78 Å². The lowest BCUT2D eigenvalue weighted by Gasteiger charge is -2.34. The number of hydrogen-bond acceptors (Lipinski definition) is 5. The minimum absolute atomic E-state index is 0.119. The Morgan fingerprint density at radius 1 is 1.25 bits per heavy atom. The van der Waals surface area contributed by atoms with Crippen molar-refractivity contribution in [2.75, 3.05) is 23.3 Å². The molecule has 4 rings (SSSR count). The minimum Gasteiger partial charge on any atom is -0.356 e. The molecule has 1 amide bonds. The summed E-state index contributed by atoms with van der Waals surface area (Å²) in [4.78, 5) is 22.5. The molecule has 1 saturated heterocycles. The fraction of sp³-hybridized carbons (Fsp3) is 0.333. The number of carbonyl (C=O) groups is 1. The van der Waals surface area contributed by atoms with E-state index in [9.17, 15) is 18.0 Å². The van der Waals surface area contributed by atoms with Crippen LogP contribution >= 0.6 is 0 Å². The molecule has 1 N–H and O–H groups in total. The first-order valence-electron chi connectivity index (χ1n) is 8.79. The third-order valence-electron chi connectivity index (χ3n) is 4.73. The van der Waals surface area contributed by atoms with Gasteiger partial charge < -0.3 is 10.2 Å². The Balaban J connectivity index is 1.60. The van der Waals surface area contributed by atoms with Gasteiger partial charge in [-0.2, -0.15) is 18.3 Å². The van der Waals surface area contributed by atoms with E-state index < -0.39 is 18.0 Å². The van der Waals surface area contributed by atoms with Gasteiger partial charge in [-0.15, -0.1) is 0 Å². The topological polar surface area (TPSA) is 75.4 Å². The van der Waals surface area contributed by atoms with Crippen molar-refractivity contribution in [3.05, 3.63) is 48.5 Å². The van der Waals surface area contributed by atoms with Crippen molar-refractivity contribution in [2.45, 2.75) is 19.0 Å². The van der Waals surface area contributed by atoms with Crippen molar-refractivity contribution in [3.63, 3.8) is 0 Å². The molecule has 4 heterocycles. The van der Waals surface area contributed by atoms with Gasteiger partial charge in [0.15, 0.2) is 5.65 Å². The molecule has 3 aromatic heterocycles. The maximum Gasteiger partial charge on any atom is 0.393 e. The Bertz CT molecular complexity index is 988. The van der Waals surface area contributed by atoms with E-state index >= 15 is 0 Å². The molecule has 3 aromatic rings. The van der Waals surface area contributed by atoms with Crippen LogP contribution in [-0.2, 0) is 0 Å². The average molecular weight is 390 g/mol. The van der Waals surface area contributed by atoms with Crippen LogP contribution in [0.25, 0.3) is 5.65 Å². The number of halogens is 3. The third kappa shape index (κ3) is 3.62. The molecule has 7 nitrogen and oxygen atoms in total. The van der Waals surface area contributed by atoms with Crippen molar-refractivity contribution < 1.29 is 18.0 Å². The number of hydrogen-bond donors (Lipinski definition) is 1. The summed E-state index contributed by atoms with van der Waals surface area (Å²) in [6, 6.07) is 5.00. The lowest BCUT2D eigenvalue weighted by Crippen LogP contribution is -2.42. The minimum atomic E-state index is -4.23. The zero-order valence-corrected chi connectivity index (χ0v) is 14.7. The van der Waals surface area contributed by atoms with E-state index in [1.54, 1.807) is 35.5 Å². The third-order valence-corrected chi connectivity index (χ3v) is 4.73. The predicted octanol–water partition coefficient (Wildman–Crippen LogP) is 3.16. The van der Waals surface area contributed by atoms with Gasteiger partial charge in [0.25, 0.3) is 5.91 Å². The molecule has 28 heavy (non-hydrogen) atoms. The van der Waals surface area contributed by atoms with Crippen LogP contribution in [0.2, 0.25) is 0 Å². The largest absolute Gasteiger partial charge is 0.393 e. The quantitative estimate of drug-likeness (QED) is 0.744. The second-order valence-corrected chi connectivity index (χ2v) is 6.63. The number of nitrogens with one attached hydrogen (secondary N) is 1. The number of amides is 1. The number of rotatable bonds is 3. The zero-order chi connectivity index (χ0) is 19.7. The number of aromatic nitrogens is 4. The van der Waals surface area contributed by atoms with E-state index in [2.05, 4.69) is 20.4 Å². The summed E-state index contributed by atoms with van der Waals surface area (Å²) >= 11 is 0. The van der Waals surface area contributed by atoms with Gasteiger partial charge in [-0.1, -0.05) is 0 Å². The fourth-order valence-electron chi connectivity index (χ4n) is 3.28. The molecule has 0 aromatic carbocycles. The number of carbonyl (C=O) groups excluding carboxylic acids is 1. The summed E-state index contributed by atoms with van der Waals surface area (Å²) in [5.41, 5.74) is 1.04. The van der Waals surface area contributed by atoms with Crippen molar-refractivity contribution in [1.29, 1.82) is 0 Å². The van der Waals surface area contributed by atoms with Crippen LogP contribution in [0.15, 0.2) is 43.0 Å². The summed E-state index contributed by atoms with van der Waals surface area (Å²) < 4.78 is 40.7. The summed E-state index contributed by atoms with van der Waals surface area (Å²) in [5.74, 6) is -1.39. The van der Waals surface area contributed by atoms with Crippen LogP contribution in [0.1, 0.15) is 23.2 Å². The van der Waals surface area contributed by atoms with Gasteiger partial charge >= 0.3 is 6.18 Å². The van der Waals surface area contributed by atoms with E-state index in [1.165, 1.54) is 16.9 Å². The monoisotopic (exact) mass is 390 g/mol. The Morgan fingerprint density at radius 2 is 2.11 bits per heavy atom. The van der Waals surface area contributed by atoms with Gasteiger partial charge in [-0.05, 0) is 31.0 Å². The molecule has 0 radical (unpaired) electrons. The Kier molecular flexibility index (Phi) is 4.62. The van der Waals surface area contributed by atoms with Crippen LogP contribution in [0.4, 0.5) is 24.7 Å². The molecule has 146 valence electrons. The maximum absolute atomic E-state index is 13.1. The fourth-order valence-corrected chi connectivity index (χ4v) is 3.28. The van der Waals surface area contributed by atoms with Crippen molar-refractivity contribution in [3.8, 4) is 0 Å². The van der Waals surface area contributed by atoms with Crippen LogP contribution in [0.5, 0.6) is 0 Å². The molecule has 1 aliphatic rings. The van der Waals surface area contributed by atoms with Crippen LogP contribution in [0, 0.1) is 5.92 Å². The number of pyridine rings is 1. The molecule has 1 fully saturated rings. The molecule has 0 saturated carbocycles. The van der Waals surface area contributed by atoms with Gasteiger partial charge in [0.2, 0.25) is 0 Å². The highest BCUT2D eigenvalue weighted by Crippen LogP contribution is 2.34. The Labute approximate surface area is 158 Å². The molecule has 1 aliphatic heterocycles. The van der Waals surface area contributed by atoms with Gasteiger partial charge in [0.1, 0.15) is 11.4 Å². The van der Waals surface area contributed by atoms with Gasteiger partial charge in [0, 0.05) is 25.5 Å². The summed E-state index contributed by atoms with van der Waals surface area (Å²) in [7, 11) is 0. The molecule has 0 aliphatic carbocycles. The lowest BCUT2D eigenvalue weighted by atomic mass is 9.97. The summed E-state index contributed by atoms with van der Waals surface area (Å²) in [6.45, 7) is 0.346. The highest BCUT2D eigenvalue weighted by molar-refractivity contribution is 6.08. The van der Waals surface area contributed by atoms with E-state index in [0.717, 1.165) is 0 Å². The first-order chi connectivity index (χ1) is 13.4. The Hall–Kier alpha value is -3.17. The number of alkyl halides is 3. The van der Waals surface area contributed by atoms with Crippen LogP contribution in [-0.4, -0.2) is 44.8 Å². The van der Waals surface area contributed by atoms with Gasteiger partial charge in [0.05, 0.1) is 24.0 Å². The lowest BCUT2D eigenvalue weighted by molar-refractivity contribution is -0.176. The Morgan fingerprint density at radius 3 is 2.86 bits per heavy atom. The molecule has 0 spiro atoms. The molecular formula is C18H17F3N6O. The highest BCUT2D eigenvalue weighted by Gasteiger charge is 2.42. The van der Waals surface area contributed by atoms with E-state index in [0.29, 0.717) is 24.5 Å². The van der Waals surface area contributed by atoms with E-state index in [1.807, 2.05) is 0 Å². The summed E-state index contributed by atoms with van der Waals surface area (Å²) in [5, 5.41) is 6.81. The number of anilines is 2. The second kappa shape index (κ2) is 7.10. The smallest absolute Gasteiger partial charge is 0.356 e. The SMILES string of the molecule is O=C(Nc1cccnc1)c1cnn2ccc(N3CCCC(C(F)(F)F)C3)nc12. The molecule has 1 unspecified atom stereocenters. The van der Waals surface area contributed by atoms with Crippen molar-refractivity contribution in [1.82, 2.24) is 19.6 Å². The molecular weight excluding hydrogens is 373 g/mol. The van der Waals surface area contributed by atoms with Crippen LogP contribution < -0.4 is 10.2 Å². The standard InChI is InChI=1S/C18H17F3N6O/c19-18(20,21)12-3-2-7-26(11-12)15-5-8-27-16(25-15)14(10-23-27)17(28)24-13-4-1-6-22-9-13/h1,4-6,8-10,12H,2-3,7,11H2,(H,24,28). The zero-order valence-electron chi connectivity index (χ0n) is 14.7. The van der Waals surface area contributed by atoms with Crippen molar-refractivity contribution in [2.24, 2.45) is 5.92 Å². The predicted molar refractivity (Wildman–Crippen MR) is 96.2 cm³/mol. The number of nitrogens with zero attached hydrogens (tertiary/aromatic N) is 5. The van der Waals surface area contributed by atoms with Gasteiger partial charge in [-0.25, -0.2) is 9.50 Å². The molecule has 10 heteroatoms. The van der Waals surface area contributed by atoms with E-state index in [4.69, 9.17) is 0 Å². The summed E-state index contributed by atoms with van der Waals surface area (Å²) in [6.07, 6.45) is 2.40. The molecule has 1 atom stereocenters. The molecule has 0 bridgehead atoms. The average Bonchev–Trinajstić information content (AvgIpc) is 3.11. The number of fused-ring (bicyclic) bond motifs is 1. The first kappa shape index (κ1) is 18.2. The second-order valence-electron chi connectivity index (χ2n) is 6.63. The van der Waals surface area contributed by atoms with E-state index in [-0.39, 0.29) is 24.2 Å². The highest BCUT2D eigenvalue weighted by atomic mass is 19.4. The first-order valence-corrected chi connectivity index (χ1v) is 8.79. The van der Waals surface area contributed by atoms with Crippen LogP contribution in [0.3, 0.4) is 0 Å². The van der Waals surface area contributed by atoms with Crippen molar-refractivity contribution >= 4 is 23.1 Å².